The molecule has 2 aromatic carbocycles. The molecule has 0 radical (unpaired) electrons. The maximum atomic E-state index is 13.1. The molecule has 0 unspecified atom stereocenters. The lowest BCUT2D eigenvalue weighted by molar-refractivity contribution is -0.150. The minimum absolute atomic E-state index is 0.167. The van der Waals surface area contributed by atoms with E-state index in [4.69, 9.17) is 16.3 Å². The molecule has 6 nitrogen and oxygen atoms in total. The standard InChI is InChI=1S/C27H29ClF3N3O3/c1-18-23(24(35)33-13-12-32-21-7-4-6-20(17-21)27(29,30)31)26(37-25(18)36)10-15-34(16-11-26)14-9-19-5-2-3-8-22(19)28/h2-8,17,32H,9-16H2,1H3,(H,33,35). The van der Waals surface area contributed by atoms with Gasteiger partial charge in [-0.3, -0.25) is 4.79 Å². The molecule has 37 heavy (non-hydrogen) atoms. The number of likely N-dealkylation sites (tertiary alicyclic amines) is 1. The van der Waals surface area contributed by atoms with Gasteiger partial charge in [-0.2, -0.15) is 13.2 Å². The number of carbonyl (C=O) groups excluding carboxylic acids is 2. The first-order valence-corrected chi connectivity index (χ1v) is 12.6. The summed E-state index contributed by atoms with van der Waals surface area (Å²) in [6.07, 6.45) is -2.62. The van der Waals surface area contributed by atoms with Crippen LogP contribution in [0.1, 0.15) is 30.9 Å². The number of amides is 1. The largest absolute Gasteiger partial charge is 0.450 e. The number of anilines is 1. The topological polar surface area (TPSA) is 70.7 Å². The quantitative estimate of drug-likeness (QED) is 0.374. The van der Waals surface area contributed by atoms with Gasteiger partial charge in [0.05, 0.1) is 11.1 Å². The zero-order valence-corrected chi connectivity index (χ0v) is 21.2. The van der Waals surface area contributed by atoms with Crippen LogP contribution >= 0.6 is 11.6 Å². The molecular weight excluding hydrogens is 507 g/mol. The first-order valence-electron chi connectivity index (χ1n) is 12.2. The van der Waals surface area contributed by atoms with Crippen molar-refractivity contribution in [1.29, 1.82) is 0 Å². The van der Waals surface area contributed by atoms with Crippen LogP contribution in [0.2, 0.25) is 5.02 Å². The summed E-state index contributed by atoms with van der Waals surface area (Å²) in [5, 5.41) is 6.41. The van der Waals surface area contributed by atoms with Crippen molar-refractivity contribution in [2.24, 2.45) is 0 Å². The summed E-state index contributed by atoms with van der Waals surface area (Å²) in [5.41, 5.74) is 0.325. The van der Waals surface area contributed by atoms with E-state index in [0.717, 1.165) is 35.7 Å². The Morgan fingerprint density at radius 1 is 1.11 bits per heavy atom. The second kappa shape index (κ2) is 11.1. The van der Waals surface area contributed by atoms with Crippen molar-refractivity contribution in [3.05, 3.63) is 75.8 Å². The van der Waals surface area contributed by atoms with Gasteiger partial charge in [0.25, 0.3) is 5.91 Å². The number of halogens is 4. The van der Waals surface area contributed by atoms with Crippen LogP contribution in [0.15, 0.2) is 59.7 Å². The van der Waals surface area contributed by atoms with Gasteiger partial charge in [0.1, 0.15) is 5.60 Å². The van der Waals surface area contributed by atoms with Gasteiger partial charge in [0.2, 0.25) is 0 Å². The molecule has 2 aromatic rings. The normalized spacial score (nSPS) is 17.7. The Hall–Kier alpha value is -3.04. The number of nitrogens with one attached hydrogen (secondary N) is 2. The highest BCUT2D eigenvalue weighted by molar-refractivity contribution is 6.31. The monoisotopic (exact) mass is 535 g/mol. The number of carbonyl (C=O) groups is 2. The highest BCUT2D eigenvalue weighted by atomic mass is 35.5. The Balaban J connectivity index is 1.31. The van der Waals surface area contributed by atoms with Gasteiger partial charge in [0.15, 0.2) is 0 Å². The zero-order valence-electron chi connectivity index (χ0n) is 20.5. The Morgan fingerprint density at radius 2 is 1.84 bits per heavy atom. The molecule has 1 spiro atoms. The second-order valence-electron chi connectivity index (χ2n) is 9.33. The van der Waals surface area contributed by atoms with Crippen molar-refractivity contribution < 1.29 is 27.5 Å². The minimum atomic E-state index is -4.43. The number of hydrogen-bond acceptors (Lipinski definition) is 5. The molecule has 2 aliphatic heterocycles. The molecule has 0 bridgehead atoms. The Kier molecular flexibility index (Phi) is 8.14. The van der Waals surface area contributed by atoms with Crippen LogP contribution in [0.4, 0.5) is 18.9 Å². The first kappa shape index (κ1) is 27.0. The van der Waals surface area contributed by atoms with Gasteiger partial charge >= 0.3 is 12.1 Å². The van der Waals surface area contributed by atoms with Crippen molar-refractivity contribution in [2.45, 2.75) is 38.0 Å². The van der Waals surface area contributed by atoms with Crippen LogP contribution in [0.3, 0.4) is 0 Å². The summed E-state index contributed by atoms with van der Waals surface area (Å²) >= 11 is 6.26. The minimum Gasteiger partial charge on any atom is -0.450 e. The van der Waals surface area contributed by atoms with E-state index in [-0.39, 0.29) is 13.1 Å². The van der Waals surface area contributed by atoms with Crippen LogP contribution in [0, 0.1) is 0 Å². The molecule has 1 fully saturated rings. The van der Waals surface area contributed by atoms with E-state index in [9.17, 15) is 22.8 Å². The Labute approximate surface area is 218 Å². The van der Waals surface area contributed by atoms with Gasteiger partial charge in [-0.1, -0.05) is 35.9 Å². The fourth-order valence-electron chi connectivity index (χ4n) is 4.87. The van der Waals surface area contributed by atoms with Gasteiger partial charge in [-0.25, -0.2) is 4.79 Å². The second-order valence-corrected chi connectivity index (χ2v) is 9.74. The maximum absolute atomic E-state index is 13.1. The van der Waals surface area contributed by atoms with E-state index in [2.05, 4.69) is 15.5 Å². The number of alkyl halides is 3. The fraction of sp³-hybridized carbons (Fsp3) is 0.407. The van der Waals surface area contributed by atoms with Gasteiger partial charge in [-0.05, 0) is 43.2 Å². The SMILES string of the molecule is CC1=C(C(=O)NCCNc2cccc(C(F)(F)F)c2)C2(CCN(CCc3ccccc3Cl)CC2)OC1=O. The molecule has 4 rings (SSSR count). The van der Waals surface area contributed by atoms with Crippen LogP contribution in [0.25, 0.3) is 0 Å². The maximum Gasteiger partial charge on any atom is 0.416 e. The van der Waals surface area contributed by atoms with Crippen molar-refractivity contribution in [2.75, 3.05) is 38.0 Å². The predicted molar refractivity (Wildman–Crippen MR) is 135 cm³/mol. The molecule has 1 saturated heterocycles. The van der Waals surface area contributed by atoms with E-state index in [1.807, 2.05) is 24.3 Å². The molecule has 0 aromatic heterocycles. The summed E-state index contributed by atoms with van der Waals surface area (Å²) in [6, 6.07) is 12.6. The molecule has 2 heterocycles. The average Bonchev–Trinajstić information content (AvgIpc) is 3.11. The third-order valence-corrected chi connectivity index (χ3v) is 7.27. The highest BCUT2D eigenvalue weighted by Crippen LogP contribution is 2.41. The van der Waals surface area contributed by atoms with Gasteiger partial charge < -0.3 is 20.3 Å². The summed E-state index contributed by atoms with van der Waals surface area (Å²) in [5.74, 6) is -0.879. The van der Waals surface area contributed by atoms with Gasteiger partial charge in [0, 0.05) is 61.8 Å². The average molecular weight is 536 g/mol. The number of benzene rings is 2. The molecule has 0 saturated carbocycles. The first-order chi connectivity index (χ1) is 17.6. The lowest BCUT2D eigenvalue weighted by Gasteiger charge is -2.39. The molecule has 2 aliphatic rings. The number of hydrogen-bond donors (Lipinski definition) is 2. The fourth-order valence-corrected chi connectivity index (χ4v) is 5.10. The third-order valence-electron chi connectivity index (χ3n) is 6.90. The summed E-state index contributed by atoms with van der Waals surface area (Å²) in [4.78, 5) is 27.8. The van der Waals surface area contributed by atoms with Crippen LogP contribution in [-0.2, 0) is 26.9 Å². The third kappa shape index (κ3) is 6.27. The predicted octanol–water partition coefficient (Wildman–Crippen LogP) is 4.84. The lowest BCUT2D eigenvalue weighted by atomic mass is 9.82. The highest BCUT2D eigenvalue weighted by Gasteiger charge is 2.50. The van der Waals surface area contributed by atoms with E-state index < -0.39 is 29.2 Å². The van der Waals surface area contributed by atoms with E-state index in [1.165, 1.54) is 12.1 Å². The molecule has 10 heteroatoms. The van der Waals surface area contributed by atoms with E-state index in [1.54, 1.807) is 6.92 Å². The Morgan fingerprint density at radius 3 is 2.54 bits per heavy atom. The molecule has 0 atom stereocenters. The van der Waals surface area contributed by atoms with Crippen molar-refractivity contribution in [1.82, 2.24) is 10.2 Å². The zero-order chi connectivity index (χ0) is 26.6. The lowest BCUT2D eigenvalue weighted by Crippen LogP contribution is -2.49. The summed E-state index contributed by atoms with van der Waals surface area (Å²) in [7, 11) is 0. The Bertz CT molecular complexity index is 1190. The van der Waals surface area contributed by atoms with Crippen LogP contribution in [-0.4, -0.2) is 55.1 Å². The number of nitrogens with zero attached hydrogens (tertiary/aromatic N) is 1. The number of rotatable bonds is 8. The summed E-state index contributed by atoms with van der Waals surface area (Å²) in [6.45, 7) is 4.12. The van der Waals surface area contributed by atoms with Crippen molar-refractivity contribution in [3.63, 3.8) is 0 Å². The smallest absolute Gasteiger partial charge is 0.416 e. The molecule has 2 N–H and O–H groups in total. The number of piperidine rings is 1. The van der Waals surface area contributed by atoms with Crippen LogP contribution < -0.4 is 10.6 Å². The van der Waals surface area contributed by atoms with Crippen molar-refractivity contribution >= 4 is 29.2 Å². The summed E-state index contributed by atoms with van der Waals surface area (Å²) < 4.78 is 44.4. The molecule has 0 aliphatic carbocycles. The molecular formula is C27H29ClF3N3O3. The number of ether oxygens (including phenoxy) is 1. The van der Waals surface area contributed by atoms with Crippen LogP contribution in [0.5, 0.6) is 0 Å². The number of esters is 1. The molecule has 1 amide bonds. The van der Waals surface area contributed by atoms with Crippen molar-refractivity contribution in [3.8, 4) is 0 Å². The van der Waals surface area contributed by atoms with Gasteiger partial charge in [-0.15, -0.1) is 0 Å². The van der Waals surface area contributed by atoms with E-state index >= 15 is 0 Å². The van der Waals surface area contributed by atoms with E-state index in [0.29, 0.717) is 42.8 Å². The molecule has 198 valence electrons.